The third-order valence-electron chi connectivity index (χ3n) is 4.12. The van der Waals surface area contributed by atoms with Crippen LogP contribution >= 0.6 is 11.8 Å². The number of aromatic nitrogens is 1. The standard InChI is InChI=1S/C18H24N2S/c1-2-11-19-18-15(13-21-16-8-4-5-9-16)12-14-7-3-6-10-17(14)20-18/h3,6-7,10,12,16H,2,4-5,8-9,11,13H2,1H3,(H,19,20). The summed E-state index contributed by atoms with van der Waals surface area (Å²) in [4.78, 5) is 4.83. The van der Waals surface area contributed by atoms with Crippen molar-refractivity contribution in [3.63, 3.8) is 0 Å². The van der Waals surface area contributed by atoms with Gasteiger partial charge < -0.3 is 5.32 Å². The molecule has 0 aliphatic heterocycles. The molecule has 1 aromatic heterocycles. The Kier molecular flexibility index (Phi) is 5.02. The van der Waals surface area contributed by atoms with E-state index >= 15 is 0 Å². The summed E-state index contributed by atoms with van der Waals surface area (Å²) in [6.45, 7) is 3.19. The van der Waals surface area contributed by atoms with Gasteiger partial charge in [-0.2, -0.15) is 11.8 Å². The van der Waals surface area contributed by atoms with Gasteiger partial charge >= 0.3 is 0 Å². The number of rotatable bonds is 6. The fraction of sp³-hybridized carbons (Fsp3) is 0.500. The van der Waals surface area contributed by atoms with Gasteiger partial charge in [0.1, 0.15) is 5.82 Å². The Morgan fingerprint density at radius 2 is 2.05 bits per heavy atom. The van der Waals surface area contributed by atoms with Crippen LogP contribution in [-0.2, 0) is 5.75 Å². The molecule has 0 amide bonds. The van der Waals surface area contributed by atoms with Crippen molar-refractivity contribution < 1.29 is 0 Å². The molecule has 1 aliphatic carbocycles. The molecule has 2 aromatic rings. The molecule has 1 N–H and O–H groups in total. The first-order valence-electron chi connectivity index (χ1n) is 8.11. The number of para-hydroxylation sites is 1. The molecule has 3 heteroatoms. The van der Waals surface area contributed by atoms with Crippen LogP contribution in [0.15, 0.2) is 30.3 Å². The van der Waals surface area contributed by atoms with Crippen molar-refractivity contribution in [2.45, 2.75) is 50.0 Å². The smallest absolute Gasteiger partial charge is 0.130 e. The number of thioether (sulfide) groups is 1. The van der Waals surface area contributed by atoms with E-state index in [9.17, 15) is 0 Å². The lowest BCUT2D eigenvalue weighted by molar-refractivity contribution is 0.886. The average molecular weight is 300 g/mol. The second-order valence-electron chi connectivity index (χ2n) is 5.83. The van der Waals surface area contributed by atoms with E-state index in [1.165, 1.54) is 36.6 Å². The monoisotopic (exact) mass is 300 g/mol. The van der Waals surface area contributed by atoms with E-state index in [-0.39, 0.29) is 0 Å². The summed E-state index contributed by atoms with van der Waals surface area (Å²) in [5.74, 6) is 2.16. The maximum absolute atomic E-state index is 4.83. The first-order chi connectivity index (χ1) is 10.4. The van der Waals surface area contributed by atoms with Crippen LogP contribution in [0.4, 0.5) is 5.82 Å². The number of hydrogen-bond donors (Lipinski definition) is 1. The van der Waals surface area contributed by atoms with Gasteiger partial charge in [-0.15, -0.1) is 0 Å². The molecule has 0 saturated heterocycles. The predicted molar refractivity (Wildman–Crippen MR) is 94.1 cm³/mol. The predicted octanol–water partition coefficient (Wildman–Crippen LogP) is 5.23. The quantitative estimate of drug-likeness (QED) is 0.790. The van der Waals surface area contributed by atoms with Crippen LogP contribution in [0.5, 0.6) is 0 Å². The Morgan fingerprint density at radius 3 is 2.86 bits per heavy atom. The van der Waals surface area contributed by atoms with Crippen LogP contribution in [0.1, 0.15) is 44.6 Å². The molecule has 1 fully saturated rings. The molecule has 1 saturated carbocycles. The van der Waals surface area contributed by atoms with Crippen LogP contribution in [0, 0.1) is 0 Å². The molecular weight excluding hydrogens is 276 g/mol. The summed E-state index contributed by atoms with van der Waals surface area (Å²) >= 11 is 2.11. The number of benzene rings is 1. The lowest BCUT2D eigenvalue weighted by atomic mass is 10.1. The zero-order valence-electron chi connectivity index (χ0n) is 12.8. The summed E-state index contributed by atoms with van der Waals surface area (Å²) in [5, 5.41) is 5.61. The minimum absolute atomic E-state index is 0.857. The molecule has 112 valence electrons. The molecule has 3 rings (SSSR count). The Hall–Kier alpha value is -1.22. The second-order valence-corrected chi connectivity index (χ2v) is 7.12. The molecule has 2 nitrogen and oxygen atoms in total. The highest BCUT2D eigenvalue weighted by Gasteiger charge is 2.16. The third-order valence-corrected chi connectivity index (χ3v) is 5.54. The minimum atomic E-state index is 0.857. The van der Waals surface area contributed by atoms with Gasteiger partial charge in [-0.05, 0) is 31.4 Å². The van der Waals surface area contributed by atoms with E-state index in [0.717, 1.165) is 35.3 Å². The minimum Gasteiger partial charge on any atom is -0.370 e. The number of pyridine rings is 1. The van der Waals surface area contributed by atoms with Crippen LogP contribution in [-0.4, -0.2) is 16.8 Å². The average Bonchev–Trinajstić information content (AvgIpc) is 3.04. The fourth-order valence-electron chi connectivity index (χ4n) is 2.93. The Labute approximate surface area is 131 Å². The molecule has 1 aliphatic rings. The Balaban J connectivity index is 1.82. The first-order valence-corrected chi connectivity index (χ1v) is 9.16. The van der Waals surface area contributed by atoms with E-state index in [4.69, 9.17) is 4.98 Å². The fourth-order valence-corrected chi connectivity index (χ4v) is 4.23. The molecule has 0 atom stereocenters. The zero-order chi connectivity index (χ0) is 14.5. The van der Waals surface area contributed by atoms with Gasteiger partial charge in [0.2, 0.25) is 0 Å². The van der Waals surface area contributed by atoms with Crippen molar-refractivity contribution in [2.75, 3.05) is 11.9 Å². The van der Waals surface area contributed by atoms with Gasteiger partial charge in [0, 0.05) is 28.5 Å². The molecule has 0 unspecified atom stereocenters. The number of anilines is 1. The van der Waals surface area contributed by atoms with Gasteiger partial charge in [-0.25, -0.2) is 4.98 Å². The summed E-state index contributed by atoms with van der Waals surface area (Å²) in [5.41, 5.74) is 2.45. The van der Waals surface area contributed by atoms with E-state index in [0.29, 0.717) is 0 Å². The Bertz CT molecular complexity index is 591. The molecule has 21 heavy (non-hydrogen) atoms. The summed E-state index contributed by atoms with van der Waals surface area (Å²) in [6.07, 6.45) is 6.74. The molecule has 1 aromatic carbocycles. The van der Waals surface area contributed by atoms with Crippen molar-refractivity contribution in [2.24, 2.45) is 0 Å². The molecule has 0 bridgehead atoms. The highest BCUT2D eigenvalue weighted by molar-refractivity contribution is 7.99. The van der Waals surface area contributed by atoms with Crippen LogP contribution < -0.4 is 5.32 Å². The van der Waals surface area contributed by atoms with Crippen molar-refractivity contribution in [1.82, 2.24) is 4.98 Å². The summed E-state index contributed by atoms with van der Waals surface area (Å²) < 4.78 is 0. The maximum Gasteiger partial charge on any atom is 0.130 e. The number of fused-ring (bicyclic) bond motifs is 1. The van der Waals surface area contributed by atoms with E-state index in [1.54, 1.807) is 0 Å². The maximum atomic E-state index is 4.83. The summed E-state index contributed by atoms with van der Waals surface area (Å²) in [6, 6.07) is 10.7. The lowest BCUT2D eigenvalue weighted by Crippen LogP contribution is -2.06. The topological polar surface area (TPSA) is 24.9 Å². The number of nitrogens with zero attached hydrogens (tertiary/aromatic N) is 1. The van der Waals surface area contributed by atoms with Crippen molar-refractivity contribution >= 4 is 28.5 Å². The second kappa shape index (κ2) is 7.17. The number of hydrogen-bond acceptors (Lipinski definition) is 3. The van der Waals surface area contributed by atoms with Crippen LogP contribution in [0.25, 0.3) is 10.9 Å². The van der Waals surface area contributed by atoms with E-state index < -0.39 is 0 Å². The van der Waals surface area contributed by atoms with Crippen molar-refractivity contribution in [1.29, 1.82) is 0 Å². The molecule has 0 spiro atoms. The largest absolute Gasteiger partial charge is 0.370 e. The first kappa shape index (κ1) is 14.7. The lowest BCUT2D eigenvalue weighted by Gasteiger charge is -2.14. The van der Waals surface area contributed by atoms with Gasteiger partial charge in [0.05, 0.1) is 5.52 Å². The highest BCUT2D eigenvalue weighted by atomic mass is 32.2. The molecule has 0 radical (unpaired) electrons. The van der Waals surface area contributed by atoms with Gasteiger partial charge in [-0.3, -0.25) is 0 Å². The zero-order valence-corrected chi connectivity index (χ0v) is 13.6. The highest BCUT2D eigenvalue weighted by Crippen LogP contribution is 2.33. The SMILES string of the molecule is CCCNc1nc2ccccc2cc1CSC1CCCC1. The van der Waals surface area contributed by atoms with Crippen molar-refractivity contribution in [3.8, 4) is 0 Å². The van der Waals surface area contributed by atoms with Gasteiger partial charge in [-0.1, -0.05) is 38.0 Å². The van der Waals surface area contributed by atoms with Gasteiger partial charge in [0.25, 0.3) is 0 Å². The third kappa shape index (κ3) is 3.70. The normalized spacial score (nSPS) is 15.7. The Morgan fingerprint density at radius 1 is 1.24 bits per heavy atom. The number of nitrogens with one attached hydrogen (secondary N) is 1. The van der Waals surface area contributed by atoms with E-state index in [1.807, 2.05) is 0 Å². The van der Waals surface area contributed by atoms with Crippen molar-refractivity contribution in [3.05, 3.63) is 35.9 Å². The van der Waals surface area contributed by atoms with E-state index in [2.05, 4.69) is 54.3 Å². The van der Waals surface area contributed by atoms with Crippen LogP contribution in [0.3, 0.4) is 0 Å². The van der Waals surface area contributed by atoms with Crippen LogP contribution in [0.2, 0.25) is 0 Å². The summed E-state index contributed by atoms with van der Waals surface area (Å²) in [7, 11) is 0. The molecular formula is C18H24N2S. The van der Waals surface area contributed by atoms with Gasteiger partial charge in [0.15, 0.2) is 0 Å². The molecule has 1 heterocycles.